The molecule has 0 bridgehead atoms. The molecule has 0 saturated heterocycles. The van der Waals surface area contributed by atoms with Crippen LogP contribution in [0.4, 0.5) is 11.4 Å². The van der Waals surface area contributed by atoms with Crippen molar-refractivity contribution in [1.82, 2.24) is 0 Å². The van der Waals surface area contributed by atoms with E-state index in [0.29, 0.717) is 0 Å². The molecule has 3 nitrogen and oxygen atoms in total. The van der Waals surface area contributed by atoms with Crippen LogP contribution in [0.15, 0.2) is 48.5 Å². The number of carbonyl (C=O) groups excluding carboxylic acids is 1. The topological polar surface area (TPSA) is 41.1 Å². The van der Waals surface area contributed by atoms with Crippen molar-refractivity contribution < 1.29 is 4.79 Å². The Morgan fingerprint density at radius 1 is 1.25 bits per heavy atom. The number of amides is 1. The molecule has 1 aliphatic heterocycles. The molecule has 0 saturated carbocycles. The second-order valence-electron chi connectivity index (χ2n) is 5.10. The van der Waals surface area contributed by atoms with Gasteiger partial charge >= 0.3 is 0 Å². The maximum Gasteiger partial charge on any atom is 0.247 e. The third kappa shape index (κ3) is 2.52. The number of benzene rings is 2. The fraction of sp³-hybridized carbons (Fsp3) is 0.235. The Hall–Kier alpha value is -2.29. The van der Waals surface area contributed by atoms with Crippen LogP contribution in [0, 0.1) is 0 Å². The van der Waals surface area contributed by atoms with Crippen LogP contribution in [0.5, 0.6) is 0 Å². The summed E-state index contributed by atoms with van der Waals surface area (Å²) in [5.41, 5.74) is 4.36. The minimum Gasteiger partial charge on any atom is -0.373 e. The minimum absolute atomic E-state index is 0.0226. The maximum atomic E-state index is 12.3. The van der Waals surface area contributed by atoms with Crippen LogP contribution in [0.1, 0.15) is 18.1 Å². The third-order valence-electron chi connectivity index (χ3n) is 3.69. The van der Waals surface area contributed by atoms with Gasteiger partial charge in [0.25, 0.3) is 0 Å². The van der Waals surface area contributed by atoms with E-state index < -0.39 is 0 Å². The summed E-state index contributed by atoms with van der Waals surface area (Å²) in [6.07, 6.45) is 1.71. The Labute approximate surface area is 119 Å². The van der Waals surface area contributed by atoms with Crippen LogP contribution >= 0.6 is 0 Å². The molecule has 102 valence electrons. The lowest BCUT2D eigenvalue weighted by molar-refractivity contribution is -0.116. The largest absolute Gasteiger partial charge is 0.373 e. The highest BCUT2D eigenvalue weighted by molar-refractivity contribution is 5.98. The molecular weight excluding hydrogens is 248 g/mol. The molecule has 2 aromatic carbocycles. The van der Waals surface area contributed by atoms with E-state index in [1.54, 1.807) is 0 Å². The van der Waals surface area contributed by atoms with E-state index in [1.165, 1.54) is 11.1 Å². The predicted molar refractivity (Wildman–Crippen MR) is 82.0 cm³/mol. The van der Waals surface area contributed by atoms with Gasteiger partial charge in [-0.3, -0.25) is 4.79 Å². The molecule has 0 spiro atoms. The van der Waals surface area contributed by atoms with Crippen LogP contribution in [-0.4, -0.2) is 11.9 Å². The Bertz CT molecular complexity index is 611. The van der Waals surface area contributed by atoms with Gasteiger partial charge in [-0.15, -0.1) is 0 Å². The van der Waals surface area contributed by atoms with Gasteiger partial charge in [0, 0.05) is 17.8 Å². The number of hydrogen-bond acceptors (Lipinski definition) is 2. The molecule has 0 fully saturated rings. The zero-order valence-electron chi connectivity index (χ0n) is 11.5. The quantitative estimate of drug-likeness (QED) is 0.895. The second-order valence-corrected chi connectivity index (χ2v) is 5.10. The average Bonchev–Trinajstić information content (AvgIpc) is 2.91. The first-order valence-corrected chi connectivity index (χ1v) is 7.00. The molecule has 2 N–H and O–H groups in total. The molecule has 1 unspecified atom stereocenters. The normalized spacial score (nSPS) is 16.4. The van der Waals surface area contributed by atoms with Crippen molar-refractivity contribution >= 4 is 17.3 Å². The van der Waals surface area contributed by atoms with Crippen molar-refractivity contribution in [2.24, 2.45) is 0 Å². The molecule has 20 heavy (non-hydrogen) atoms. The van der Waals surface area contributed by atoms with E-state index in [-0.39, 0.29) is 11.9 Å². The molecule has 1 heterocycles. The summed E-state index contributed by atoms with van der Waals surface area (Å²) in [5.74, 6) is 0.0226. The highest BCUT2D eigenvalue weighted by atomic mass is 16.2. The standard InChI is InChI=1S/C17H18N2O/c1-2-12-6-5-8-14(10-12)18-17(20)16-11-13-7-3-4-9-15(13)19-16/h3-10,16,19H,2,11H2,1H3,(H,18,20). The van der Waals surface area contributed by atoms with Gasteiger partial charge in [-0.2, -0.15) is 0 Å². The maximum absolute atomic E-state index is 12.3. The van der Waals surface area contributed by atoms with Crippen molar-refractivity contribution in [1.29, 1.82) is 0 Å². The number of anilines is 2. The number of aryl methyl sites for hydroxylation is 1. The van der Waals surface area contributed by atoms with Gasteiger partial charge < -0.3 is 10.6 Å². The molecule has 1 aliphatic rings. The van der Waals surface area contributed by atoms with E-state index in [4.69, 9.17) is 0 Å². The molecule has 0 aliphatic carbocycles. The van der Waals surface area contributed by atoms with Crippen LogP contribution in [-0.2, 0) is 17.6 Å². The monoisotopic (exact) mass is 266 g/mol. The summed E-state index contributed by atoms with van der Waals surface area (Å²) in [7, 11) is 0. The smallest absolute Gasteiger partial charge is 0.247 e. The summed E-state index contributed by atoms with van der Waals surface area (Å²) in [6.45, 7) is 2.11. The van der Waals surface area contributed by atoms with Crippen LogP contribution in [0.2, 0.25) is 0 Å². The van der Waals surface area contributed by atoms with Gasteiger partial charge in [-0.1, -0.05) is 37.3 Å². The van der Waals surface area contributed by atoms with E-state index in [9.17, 15) is 4.79 Å². The zero-order chi connectivity index (χ0) is 13.9. The van der Waals surface area contributed by atoms with Crippen molar-refractivity contribution in [2.75, 3.05) is 10.6 Å². The first kappa shape index (κ1) is 12.7. The second kappa shape index (κ2) is 5.37. The number of rotatable bonds is 3. The van der Waals surface area contributed by atoms with Gasteiger partial charge in [0.1, 0.15) is 6.04 Å². The number of hydrogen-bond donors (Lipinski definition) is 2. The zero-order valence-corrected chi connectivity index (χ0v) is 11.5. The van der Waals surface area contributed by atoms with Crippen molar-refractivity contribution in [2.45, 2.75) is 25.8 Å². The van der Waals surface area contributed by atoms with Crippen LogP contribution in [0.25, 0.3) is 0 Å². The van der Waals surface area contributed by atoms with Crippen LogP contribution < -0.4 is 10.6 Å². The number of carbonyl (C=O) groups is 1. The lowest BCUT2D eigenvalue weighted by Gasteiger charge is -2.12. The fourth-order valence-corrected chi connectivity index (χ4v) is 2.55. The Morgan fingerprint density at radius 2 is 2.10 bits per heavy atom. The van der Waals surface area contributed by atoms with Gasteiger partial charge in [0.05, 0.1) is 0 Å². The molecule has 3 rings (SSSR count). The molecule has 0 aromatic heterocycles. The summed E-state index contributed by atoms with van der Waals surface area (Å²) in [4.78, 5) is 12.3. The Balaban J connectivity index is 1.69. The van der Waals surface area contributed by atoms with E-state index >= 15 is 0 Å². The molecule has 2 aromatic rings. The SMILES string of the molecule is CCc1cccc(NC(=O)C2Cc3ccccc3N2)c1. The highest BCUT2D eigenvalue weighted by Crippen LogP contribution is 2.25. The molecule has 0 radical (unpaired) electrons. The summed E-state index contributed by atoms with van der Waals surface area (Å²) < 4.78 is 0. The van der Waals surface area contributed by atoms with Gasteiger partial charge in [-0.25, -0.2) is 0 Å². The summed E-state index contributed by atoms with van der Waals surface area (Å²) >= 11 is 0. The highest BCUT2D eigenvalue weighted by Gasteiger charge is 2.26. The van der Waals surface area contributed by atoms with E-state index in [2.05, 4.69) is 29.7 Å². The number of fused-ring (bicyclic) bond motifs is 1. The van der Waals surface area contributed by atoms with Gasteiger partial charge in [0.15, 0.2) is 0 Å². The molecule has 1 amide bonds. The van der Waals surface area contributed by atoms with E-state index in [0.717, 1.165) is 24.2 Å². The van der Waals surface area contributed by atoms with Crippen molar-refractivity contribution in [3.63, 3.8) is 0 Å². The minimum atomic E-state index is -0.183. The Morgan fingerprint density at radius 3 is 2.90 bits per heavy atom. The first-order valence-electron chi connectivity index (χ1n) is 7.00. The van der Waals surface area contributed by atoms with E-state index in [1.807, 2.05) is 36.4 Å². The van der Waals surface area contributed by atoms with Crippen molar-refractivity contribution in [3.05, 3.63) is 59.7 Å². The first-order chi connectivity index (χ1) is 9.76. The Kier molecular flexibility index (Phi) is 3.42. The average molecular weight is 266 g/mol. The number of para-hydroxylation sites is 1. The third-order valence-corrected chi connectivity index (χ3v) is 3.69. The van der Waals surface area contributed by atoms with Gasteiger partial charge in [0.2, 0.25) is 5.91 Å². The summed E-state index contributed by atoms with van der Waals surface area (Å²) in [6, 6.07) is 15.9. The molecule has 1 atom stereocenters. The van der Waals surface area contributed by atoms with Crippen molar-refractivity contribution in [3.8, 4) is 0 Å². The molecule has 3 heteroatoms. The lowest BCUT2D eigenvalue weighted by atomic mass is 10.1. The molecular formula is C17H18N2O. The van der Waals surface area contributed by atoms with Crippen LogP contribution in [0.3, 0.4) is 0 Å². The lowest BCUT2D eigenvalue weighted by Crippen LogP contribution is -2.32. The predicted octanol–water partition coefficient (Wildman–Crippen LogP) is 3.22. The number of nitrogens with one attached hydrogen (secondary N) is 2. The fourth-order valence-electron chi connectivity index (χ4n) is 2.55. The van der Waals surface area contributed by atoms with Gasteiger partial charge in [-0.05, 0) is 35.7 Å². The summed E-state index contributed by atoms with van der Waals surface area (Å²) in [5, 5.41) is 6.26.